The van der Waals surface area contributed by atoms with E-state index in [-0.39, 0.29) is 17.2 Å². The molecule has 1 N–H and O–H groups in total. The zero-order valence-electron chi connectivity index (χ0n) is 17.8. The average Bonchev–Trinajstić information content (AvgIpc) is 3.33. The zero-order chi connectivity index (χ0) is 21.3. The van der Waals surface area contributed by atoms with Crippen molar-refractivity contribution in [2.24, 2.45) is 18.4 Å². The molecule has 160 valence electrons. The normalized spacial score (nSPS) is 23.7. The lowest BCUT2D eigenvalue weighted by molar-refractivity contribution is -0.117. The molecule has 0 aliphatic carbocycles. The fourth-order valence-corrected chi connectivity index (χ4v) is 4.96. The van der Waals surface area contributed by atoms with Crippen LogP contribution in [-0.2, 0) is 11.8 Å². The third kappa shape index (κ3) is 4.22. The molecule has 2 fully saturated rings. The van der Waals surface area contributed by atoms with Gasteiger partial charge < -0.3 is 15.1 Å². The Bertz CT molecular complexity index is 913. The summed E-state index contributed by atoms with van der Waals surface area (Å²) in [4.78, 5) is 36.0. The molecular formula is C21H29N7O2. The number of hydrogen-bond acceptors (Lipinski definition) is 6. The summed E-state index contributed by atoms with van der Waals surface area (Å²) in [6, 6.07) is 5.43. The summed E-state index contributed by atoms with van der Waals surface area (Å²) in [5, 5.41) is 6.99. The highest BCUT2D eigenvalue weighted by Gasteiger charge is 2.53. The molecule has 30 heavy (non-hydrogen) atoms. The van der Waals surface area contributed by atoms with Crippen LogP contribution >= 0.6 is 0 Å². The van der Waals surface area contributed by atoms with Gasteiger partial charge in [0.2, 0.25) is 5.91 Å². The van der Waals surface area contributed by atoms with Gasteiger partial charge in [-0.25, -0.2) is 0 Å². The maximum atomic E-state index is 12.9. The molecule has 0 spiro atoms. The Morgan fingerprint density at radius 1 is 1.27 bits per heavy atom. The minimum absolute atomic E-state index is 0.0102. The molecule has 0 saturated carbocycles. The van der Waals surface area contributed by atoms with Crippen molar-refractivity contribution in [2.75, 3.05) is 58.7 Å². The highest BCUT2D eigenvalue weighted by molar-refractivity contribution is 5.93. The number of likely N-dealkylation sites (tertiary alicyclic amines) is 2. The first-order chi connectivity index (χ1) is 14.3. The monoisotopic (exact) mass is 411 g/mol. The molecule has 2 saturated heterocycles. The number of aromatic nitrogens is 3. The van der Waals surface area contributed by atoms with Gasteiger partial charge in [-0.05, 0) is 32.1 Å². The lowest BCUT2D eigenvalue weighted by Crippen LogP contribution is -2.43. The van der Waals surface area contributed by atoms with Crippen LogP contribution in [0, 0.1) is 11.3 Å². The van der Waals surface area contributed by atoms with Gasteiger partial charge in [0, 0.05) is 57.6 Å². The molecule has 4 heterocycles. The van der Waals surface area contributed by atoms with Crippen molar-refractivity contribution in [1.82, 2.24) is 29.5 Å². The summed E-state index contributed by atoms with van der Waals surface area (Å²) in [6.07, 6.45) is 5.08. The molecule has 0 bridgehead atoms. The largest absolute Gasteiger partial charge is 0.336 e. The lowest BCUT2D eigenvalue weighted by Gasteiger charge is -2.32. The third-order valence-corrected chi connectivity index (χ3v) is 5.99. The van der Waals surface area contributed by atoms with Gasteiger partial charge >= 0.3 is 0 Å². The molecule has 2 aromatic heterocycles. The second-order valence-corrected chi connectivity index (χ2v) is 8.82. The van der Waals surface area contributed by atoms with E-state index in [1.54, 1.807) is 29.3 Å². The Morgan fingerprint density at radius 2 is 2.10 bits per heavy atom. The van der Waals surface area contributed by atoms with Gasteiger partial charge in [0.15, 0.2) is 0 Å². The van der Waals surface area contributed by atoms with E-state index >= 15 is 0 Å². The van der Waals surface area contributed by atoms with Crippen LogP contribution in [0.3, 0.4) is 0 Å². The van der Waals surface area contributed by atoms with E-state index in [9.17, 15) is 9.59 Å². The van der Waals surface area contributed by atoms with Gasteiger partial charge in [-0.15, -0.1) is 0 Å². The van der Waals surface area contributed by atoms with Crippen molar-refractivity contribution in [2.45, 2.75) is 0 Å². The molecule has 9 heteroatoms. The van der Waals surface area contributed by atoms with Crippen molar-refractivity contribution >= 4 is 17.5 Å². The third-order valence-electron chi connectivity index (χ3n) is 5.99. The van der Waals surface area contributed by atoms with Gasteiger partial charge in [0.05, 0.1) is 18.4 Å². The molecule has 0 radical (unpaired) electrons. The van der Waals surface area contributed by atoms with Crippen LogP contribution < -0.4 is 5.32 Å². The van der Waals surface area contributed by atoms with Crippen molar-refractivity contribution in [1.29, 1.82) is 0 Å². The summed E-state index contributed by atoms with van der Waals surface area (Å²) < 4.78 is 1.66. The number of nitrogens with zero attached hydrogens (tertiary/aromatic N) is 6. The topological polar surface area (TPSA) is 86.6 Å². The minimum atomic E-state index is -0.0392. The summed E-state index contributed by atoms with van der Waals surface area (Å²) in [6.45, 7) is 4.21. The van der Waals surface area contributed by atoms with Crippen LogP contribution in [0.2, 0.25) is 0 Å². The minimum Gasteiger partial charge on any atom is -0.336 e. The zero-order valence-corrected chi connectivity index (χ0v) is 17.8. The molecule has 4 rings (SSSR count). The highest BCUT2D eigenvalue weighted by Crippen LogP contribution is 2.43. The van der Waals surface area contributed by atoms with Crippen LogP contribution in [0.1, 0.15) is 10.5 Å². The fraction of sp³-hybridized carbons (Fsp3) is 0.524. The number of hydrogen-bond donors (Lipinski definition) is 1. The summed E-state index contributed by atoms with van der Waals surface area (Å²) >= 11 is 0. The number of rotatable bonds is 6. The number of amides is 2. The number of carbonyl (C=O) groups is 2. The van der Waals surface area contributed by atoms with E-state index in [1.165, 1.54) is 0 Å². The SMILES string of the molecule is CN(C)C[C@]12CN(CC(=O)Nc3cnn(C)c3)C[C@H]1CN(C(=O)c1ccccn1)C2. The van der Waals surface area contributed by atoms with E-state index in [0.717, 1.165) is 19.6 Å². The Kier molecular flexibility index (Phi) is 5.57. The predicted molar refractivity (Wildman–Crippen MR) is 113 cm³/mol. The van der Waals surface area contributed by atoms with Crippen molar-refractivity contribution in [3.8, 4) is 0 Å². The number of nitrogens with one attached hydrogen (secondary N) is 1. The molecule has 2 amide bonds. The van der Waals surface area contributed by atoms with Gasteiger partial charge in [-0.1, -0.05) is 6.07 Å². The standard InChI is InChI=1S/C21H29N7O2/c1-25(2)13-21-14-27(12-19(29)24-17-8-23-26(3)11-17)9-16(21)10-28(15-21)20(30)18-6-4-5-7-22-18/h4-8,11,16H,9-10,12-15H2,1-3H3,(H,24,29)/t16-,21+/m0/s1. The maximum Gasteiger partial charge on any atom is 0.272 e. The summed E-state index contributed by atoms with van der Waals surface area (Å²) in [5.41, 5.74) is 1.16. The van der Waals surface area contributed by atoms with Crippen LogP contribution in [0.5, 0.6) is 0 Å². The quantitative estimate of drug-likeness (QED) is 0.740. The first-order valence-corrected chi connectivity index (χ1v) is 10.2. The lowest BCUT2D eigenvalue weighted by atomic mass is 9.80. The first-order valence-electron chi connectivity index (χ1n) is 10.2. The fourth-order valence-electron chi connectivity index (χ4n) is 4.96. The van der Waals surface area contributed by atoms with Crippen LogP contribution in [0.4, 0.5) is 5.69 Å². The van der Waals surface area contributed by atoms with E-state index in [2.05, 4.69) is 39.3 Å². The summed E-state index contributed by atoms with van der Waals surface area (Å²) in [5.74, 6) is 0.284. The van der Waals surface area contributed by atoms with E-state index < -0.39 is 0 Å². The Morgan fingerprint density at radius 3 is 2.77 bits per heavy atom. The van der Waals surface area contributed by atoms with Crippen molar-refractivity contribution in [3.05, 3.63) is 42.5 Å². The highest BCUT2D eigenvalue weighted by atomic mass is 16.2. The van der Waals surface area contributed by atoms with Crippen molar-refractivity contribution in [3.63, 3.8) is 0 Å². The molecule has 0 unspecified atom stereocenters. The second kappa shape index (κ2) is 8.16. The van der Waals surface area contributed by atoms with Gasteiger partial charge in [-0.2, -0.15) is 5.10 Å². The van der Waals surface area contributed by atoms with Gasteiger partial charge in [0.25, 0.3) is 5.91 Å². The molecular weight excluding hydrogens is 382 g/mol. The van der Waals surface area contributed by atoms with E-state index in [4.69, 9.17) is 0 Å². The number of carbonyl (C=O) groups excluding carboxylic acids is 2. The number of fused-ring (bicyclic) bond motifs is 1. The van der Waals surface area contributed by atoms with Crippen LogP contribution in [-0.4, -0.2) is 94.6 Å². The van der Waals surface area contributed by atoms with Gasteiger partial charge in [0.1, 0.15) is 5.69 Å². The Balaban J connectivity index is 1.42. The second-order valence-electron chi connectivity index (χ2n) is 8.82. The van der Waals surface area contributed by atoms with Crippen LogP contribution in [0.15, 0.2) is 36.8 Å². The van der Waals surface area contributed by atoms with Crippen molar-refractivity contribution < 1.29 is 9.59 Å². The predicted octanol–water partition coefficient (Wildman–Crippen LogP) is 0.389. The Labute approximate surface area is 176 Å². The molecule has 2 atom stereocenters. The van der Waals surface area contributed by atoms with Crippen LogP contribution in [0.25, 0.3) is 0 Å². The molecule has 2 aliphatic heterocycles. The molecule has 2 aromatic rings. The smallest absolute Gasteiger partial charge is 0.272 e. The summed E-state index contributed by atoms with van der Waals surface area (Å²) in [7, 11) is 5.94. The molecule has 2 aliphatic rings. The van der Waals surface area contributed by atoms with E-state index in [0.29, 0.717) is 36.9 Å². The average molecular weight is 412 g/mol. The Hall–Kier alpha value is -2.78. The van der Waals surface area contributed by atoms with Gasteiger partial charge in [-0.3, -0.25) is 24.2 Å². The number of aryl methyl sites for hydroxylation is 1. The first kappa shape index (κ1) is 20.5. The maximum absolute atomic E-state index is 12.9. The molecule has 0 aromatic carbocycles. The molecule has 9 nitrogen and oxygen atoms in total. The number of pyridine rings is 1. The van der Waals surface area contributed by atoms with E-state index in [1.807, 2.05) is 24.1 Å². The number of anilines is 1.